The van der Waals surface area contributed by atoms with Crippen molar-refractivity contribution in [2.24, 2.45) is 0 Å². The van der Waals surface area contributed by atoms with E-state index in [9.17, 15) is 9.59 Å². The number of nitrogens with zero attached hydrogens (tertiary/aromatic N) is 4. The normalized spacial score (nSPS) is 14.1. The molecule has 0 saturated heterocycles. The van der Waals surface area contributed by atoms with Crippen molar-refractivity contribution in [3.63, 3.8) is 0 Å². The zero-order valence-electron chi connectivity index (χ0n) is 15.3. The van der Waals surface area contributed by atoms with Gasteiger partial charge in [-0.2, -0.15) is 0 Å². The molecule has 3 aromatic rings. The van der Waals surface area contributed by atoms with E-state index in [1.165, 1.54) is 0 Å². The first-order valence-electron chi connectivity index (χ1n) is 8.69. The van der Waals surface area contributed by atoms with Crippen molar-refractivity contribution in [1.82, 2.24) is 19.9 Å². The number of nitrogens with one attached hydrogen (secondary N) is 1. The predicted octanol–water partition coefficient (Wildman–Crippen LogP) is 3.77. The van der Waals surface area contributed by atoms with Gasteiger partial charge in [-0.15, -0.1) is 5.10 Å². The van der Waals surface area contributed by atoms with Crippen molar-refractivity contribution in [1.29, 1.82) is 0 Å². The molecule has 146 valence electrons. The number of hydrogen-bond donors (Lipinski definition) is 1. The molecule has 4 rings (SSSR count). The molecular formula is C20H15BrClN5O2. The molecule has 1 N–H and O–H groups in total. The van der Waals surface area contributed by atoms with Gasteiger partial charge in [-0.3, -0.25) is 14.5 Å². The summed E-state index contributed by atoms with van der Waals surface area (Å²) in [5, 5.41) is 10.9. The molecule has 0 saturated carbocycles. The molecule has 9 heteroatoms. The van der Waals surface area contributed by atoms with Gasteiger partial charge in [0.15, 0.2) is 0 Å². The summed E-state index contributed by atoms with van der Waals surface area (Å²) in [4.78, 5) is 26.3. The summed E-state index contributed by atoms with van der Waals surface area (Å²) >= 11 is 9.49. The van der Waals surface area contributed by atoms with E-state index in [1.54, 1.807) is 23.0 Å². The van der Waals surface area contributed by atoms with E-state index in [0.29, 0.717) is 11.4 Å². The summed E-state index contributed by atoms with van der Waals surface area (Å²) in [5.74, 6) is -1.08. The van der Waals surface area contributed by atoms with E-state index in [4.69, 9.17) is 11.6 Å². The largest absolute Gasteiger partial charge is 0.350 e. The highest BCUT2D eigenvalue weighted by atomic mass is 79.9. The molecule has 29 heavy (non-hydrogen) atoms. The van der Waals surface area contributed by atoms with Gasteiger partial charge in [-0.25, -0.2) is 4.68 Å². The van der Waals surface area contributed by atoms with Crippen LogP contribution in [0.5, 0.6) is 0 Å². The summed E-state index contributed by atoms with van der Waals surface area (Å²) in [6.07, 6.45) is 1.68. The number of carbonyl (C=O) groups excluding carboxylic acids is 2. The summed E-state index contributed by atoms with van der Waals surface area (Å²) in [5.41, 5.74) is 3.14. The number of amides is 2. The Morgan fingerprint density at radius 1 is 1.03 bits per heavy atom. The Balaban J connectivity index is 1.50. The van der Waals surface area contributed by atoms with Crippen LogP contribution in [0.1, 0.15) is 11.3 Å². The van der Waals surface area contributed by atoms with Crippen molar-refractivity contribution < 1.29 is 9.59 Å². The second-order valence-electron chi connectivity index (χ2n) is 6.51. The van der Waals surface area contributed by atoms with Gasteiger partial charge in [-0.05, 0) is 43.3 Å². The van der Waals surface area contributed by atoms with E-state index in [0.717, 1.165) is 20.6 Å². The van der Waals surface area contributed by atoms with Crippen molar-refractivity contribution in [3.8, 4) is 5.69 Å². The molecule has 2 aromatic carbocycles. The summed E-state index contributed by atoms with van der Waals surface area (Å²) in [7, 11) is 0. The number of aromatic nitrogens is 3. The Morgan fingerprint density at radius 3 is 2.41 bits per heavy atom. The Kier molecular flexibility index (Phi) is 5.21. The van der Waals surface area contributed by atoms with Crippen LogP contribution >= 0.6 is 27.5 Å². The van der Waals surface area contributed by atoms with Crippen LogP contribution in [0.2, 0.25) is 0 Å². The minimum Gasteiger partial charge on any atom is -0.350 e. The Labute approximate surface area is 180 Å². The lowest BCUT2D eigenvalue weighted by Crippen LogP contribution is -2.32. The van der Waals surface area contributed by atoms with Crippen molar-refractivity contribution in [2.45, 2.75) is 13.5 Å². The van der Waals surface area contributed by atoms with Gasteiger partial charge in [0, 0.05) is 10.2 Å². The number of rotatable bonds is 5. The molecule has 0 unspecified atom stereocenters. The average Bonchev–Trinajstić information content (AvgIpc) is 3.25. The van der Waals surface area contributed by atoms with Gasteiger partial charge < -0.3 is 5.32 Å². The van der Waals surface area contributed by atoms with E-state index in [1.807, 2.05) is 43.3 Å². The van der Waals surface area contributed by atoms with Crippen LogP contribution in [-0.2, 0) is 16.1 Å². The monoisotopic (exact) mass is 471 g/mol. The van der Waals surface area contributed by atoms with Gasteiger partial charge in [0.1, 0.15) is 16.4 Å². The van der Waals surface area contributed by atoms with Gasteiger partial charge in [0.05, 0.1) is 18.4 Å². The fourth-order valence-electron chi connectivity index (χ4n) is 2.83. The van der Waals surface area contributed by atoms with Crippen LogP contribution in [-0.4, -0.2) is 31.7 Å². The molecule has 0 atom stereocenters. The van der Waals surface area contributed by atoms with Crippen LogP contribution in [0.15, 0.2) is 69.9 Å². The molecule has 2 amide bonds. The first kappa shape index (κ1) is 19.4. The van der Waals surface area contributed by atoms with Gasteiger partial charge >= 0.3 is 0 Å². The summed E-state index contributed by atoms with van der Waals surface area (Å²) in [6, 6.07) is 14.9. The maximum atomic E-state index is 12.8. The maximum absolute atomic E-state index is 12.8. The van der Waals surface area contributed by atoms with E-state index in [2.05, 4.69) is 31.6 Å². The lowest BCUT2D eigenvalue weighted by Gasteiger charge is -2.13. The number of aryl methyl sites for hydroxylation is 1. The fourth-order valence-corrected chi connectivity index (χ4v) is 3.33. The second kappa shape index (κ2) is 7.81. The molecule has 0 spiro atoms. The highest BCUT2D eigenvalue weighted by Gasteiger charge is 2.38. The smallest absolute Gasteiger partial charge is 0.279 e. The number of benzene rings is 2. The van der Waals surface area contributed by atoms with Crippen LogP contribution in [0.4, 0.5) is 5.69 Å². The quantitative estimate of drug-likeness (QED) is 0.572. The molecule has 1 aromatic heterocycles. The average molecular weight is 473 g/mol. The Hall–Kier alpha value is -2.97. The molecule has 1 aliphatic rings. The van der Waals surface area contributed by atoms with Crippen LogP contribution in [0.25, 0.3) is 5.69 Å². The summed E-state index contributed by atoms with van der Waals surface area (Å²) < 4.78 is 2.49. The second-order valence-corrected chi connectivity index (χ2v) is 7.80. The van der Waals surface area contributed by atoms with Gasteiger partial charge in [0.2, 0.25) is 0 Å². The zero-order valence-corrected chi connectivity index (χ0v) is 17.6. The first-order chi connectivity index (χ1) is 13.9. The molecular weight excluding hydrogens is 458 g/mol. The molecule has 7 nitrogen and oxygen atoms in total. The minimum absolute atomic E-state index is 0.0226. The van der Waals surface area contributed by atoms with Crippen molar-refractivity contribution in [2.75, 3.05) is 5.32 Å². The number of hydrogen-bond acceptors (Lipinski definition) is 5. The Morgan fingerprint density at radius 2 is 1.72 bits per heavy atom. The van der Waals surface area contributed by atoms with Crippen molar-refractivity contribution >= 4 is 45.0 Å². The highest BCUT2D eigenvalue weighted by Crippen LogP contribution is 2.27. The fraction of sp³-hybridized carbons (Fsp3) is 0.100. The van der Waals surface area contributed by atoms with E-state index < -0.39 is 11.8 Å². The lowest BCUT2D eigenvalue weighted by molar-refractivity contribution is -0.138. The third-order valence-corrected chi connectivity index (χ3v) is 5.26. The van der Waals surface area contributed by atoms with Crippen LogP contribution in [0, 0.1) is 6.92 Å². The van der Waals surface area contributed by atoms with E-state index in [-0.39, 0.29) is 17.3 Å². The first-order valence-corrected chi connectivity index (χ1v) is 9.86. The highest BCUT2D eigenvalue weighted by molar-refractivity contribution is 9.10. The standard InChI is InChI=1S/C20H15BrClN5O2/c1-12-2-8-16(9-3-12)27-11-15(24-25-27)10-26-19(28)17(22)18(20(26)29)23-14-6-4-13(21)5-7-14/h2-9,11,23H,10H2,1H3. The Bertz CT molecular complexity index is 1120. The van der Waals surface area contributed by atoms with Gasteiger partial charge in [-0.1, -0.05) is 50.4 Å². The number of anilines is 1. The lowest BCUT2D eigenvalue weighted by atomic mass is 10.2. The van der Waals surface area contributed by atoms with E-state index >= 15 is 0 Å². The van der Waals surface area contributed by atoms with Crippen LogP contribution in [0.3, 0.4) is 0 Å². The van der Waals surface area contributed by atoms with Crippen LogP contribution < -0.4 is 5.32 Å². The minimum atomic E-state index is -0.568. The molecule has 2 heterocycles. The molecule has 0 fully saturated rings. The molecule has 0 radical (unpaired) electrons. The van der Waals surface area contributed by atoms with Crippen molar-refractivity contribution in [3.05, 3.63) is 81.2 Å². The third-order valence-electron chi connectivity index (χ3n) is 4.38. The number of imide groups is 1. The molecule has 1 aliphatic heterocycles. The summed E-state index contributed by atoms with van der Waals surface area (Å²) in [6.45, 7) is 1.98. The van der Waals surface area contributed by atoms with Gasteiger partial charge in [0.25, 0.3) is 11.8 Å². The number of carbonyl (C=O) groups is 2. The molecule has 0 bridgehead atoms. The zero-order chi connectivity index (χ0) is 20.5. The predicted molar refractivity (Wildman–Crippen MR) is 112 cm³/mol. The number of halogens is 2. The SMILES string of the molecule is Cc1ccc(-n2cc(CN3C(=O)C(Cl)=C(Nc4ccc(Br)cc4)C3=O)nn2)cc1. The molecule has 0 aliphatic carbocycles. The topological polar surface area (TPSA) is 80.1 Å². The third kappa shape index (κ3) is 3.94. The maximum Gasteiger partial charge on any atom is 0.279 e.